The summed E-state index contributed by atoms with van der Waals surface area (Å²) in [5, 5.41) is 5.79. The molecule has 4 heteroatoms. The Hall–Kier alpha value is -1.81. The van der Waals surface area contributed by atoms with E-state index in [2.05, 4.69) is 23.8 Å². The number of urea groups is 1. The van der Waals surface area contributed by atoms with Gasteiger partial charge < -0.3 is 15.4 Å². The molecule has 0 aromatic heterocycles. The van der Waals surface area contributed by atoms with Gasteiger partial charge in [-0.1, -0.05) is 31.4 Å². The molecule has 0 aromatic rings. The number of carbonyl (C=O) groups is 1. The Balaban J connectivity index is 2.42. The van der Waals surface area contributed by atoms with Crippen LogP contribution in [0, 0.1) is 0 Å². The third-order valence-corrected chi connectivity index (χ3v) is 3.31. The fourth-order valence-corrected chi connectivity index (χ4v) is 2.23. The molecule has 1 rings (SSSR count). The van der Waals surface area contributed by atoms with Crippen molar-refractivity contribution in [2.75, 3.05) is 7.11 Å². The maximum atomic E-state index is 11.9. The van der Waals surface area contributed by atoms with Crippen LogP contribution in [0.4, 0.5) is 4.79 Å². The summed E-state index contributed by atoms with van der Waals surface area (Å²) in [4.78, 5) is 11.9. The van der Waals surface area contributed by atoms with Crippen LogP contribution in [0.3, 0.4) is 0 Å². The van der Waals surface area contributed by atoms with Crippen LogP contribution in [0.25, 0.3) is 0 Å². The summed E-state index contributed by atoms with van der Waals surface area (Å²) in [5.74, 6) is 0. The lowest BCUT2D eigenvalue weighted by Crippen LogP contribution is -2.43. The number of nitrogens with one attached hydrogen (secondary N) is 2. The summed E-state index contributed by atoms with van der Waals surface area (Å²) in [6, 6.07) is 0.0300. The Labute approximate surface area is 121 Å². The van der Waals surface area contributed by atoms with E-state index in [0.717, 1.165) is 25.7 Å². The highest BCUT2D eigenvalue weighted by Gasteiger charge is 2.21. The monoisotopic (exact) mass is 276 g/mol. The smallest absolute Gasteiger partial charge is 0.319 e. The summed E-state index contributed by atoms with van der Waals surface area (Å²) in [5.41, 5.74) is 0.683. The lowest BCUT2D eigenvalue weighted by molar-refractivity contribution is 0.0636. The van der Waals surface area contributed by atoms with Crippen LogP contribution in [0.5, 0.6) is 0 Å². The Kier molecular flexibility index (Phi) is 7.43. The van der Waals surface area contributed by atoms with Crippen LogP contribution in [0.2, 0.25) is 0 Å². The van der Waals surface area contributed by atoms with E-state index in [0.29, 0.717) is 11.8 Å². The lowest BCUT2D eigenvalue weighted by Gasteiger charge is -2.28. The molecule has 1 aliphatic carbocycles. The molecular weight excluding hydrogens is 252 g/mol. The van der Waals surface area contributed by atoms with Crippen LogP contribution in [-0.2, 0) is 4.74 Å². The van der Waals surface area contributed by atoms with E-state index in [1.807, 2.05) is 0 Å². The first-order valence-corrected chi connectivity index (χ1v) is 6.91. The minimum absolute atomic E-state index is 0.187. The van der Waals surface area contributed by atoms with Gasteiger partial charge >= 0.3 is 6.03 Å². The van der Waals surface area contributed by atoms with E-state index in [9.17, 15) is 4.79 Å². The molecule has 20 heavy (non-hydrogen) atoms. The van der Waals surface area contributed by atoms with Crippen LogP contribution in [0.15, 0.2) is 49.2 Å². The molecule has 0 radical (unpaired) electrons. The van der Waals surface area contributed by atoms with E-state index in [4.69, 9.17) is 4.74 Å². The molecule has 0 saturated heterocycles. The number of ether oxygens (including phenoxy) is 1. The van der Waals surface area contributed by atoms with Gasteiger partial charge in [0.05, 0.1) is 6.10 Å². The molecular formula is C16H24N2O2. The fraction of sp³-hybridized carbons (Fsp3) is 0.438. The van der Waals surface area contributed by atoms with Gasteiger partial charge in [0.1, 0.15) is 0 Å². The van der Waals surface area contributed by atoms with E-state index < -0.39 is 0 Å². The number of methoxy groups -OCH3 is 1. The Morgan fingerprint density at radius 1 is 1.20 bits per heavy atom. The molecule has 2 amide bonds. The lowest BCUT2D eigenvalue weighted by atomic mass is 9.93. The van der Waals surface area contributed by atoms with Gasteiger partial charge in [-0.15, -0.1) is 0 Å². The van der Waals surface area contributed by atoms with Crippen molar-refractivity contribution in [2.45, 2.75) is 37.8 Å². The van der Waals surface area contributed by atoms with Crippen molar-refractivity contribution in [3.63, 3.8) is 0 Å². The standard InChI is InChI=1S/C16H24N2O2/c1-4-6-8-13(7-5-2)17-16(19)18-14-9-11-15(20-3)12-10-14/h4-8,14-15H,1-2,9-12H2,3H3,(H2,17,18,19)/b8-6-,13-7+/t14-,15-. The van der Waals surface area contributed by atoms with Crippen molar-refractivity contribution in [3.8, 4) is 0 Å². The Bertz CT molecular complexity index is 391. The third kappa shape index (κ3) is 5.89. The first-order chi connectivity index (χ1) is 9.69. The van der Waals surface area contributed by atoms with E-state index in [1.54, 1.807) is 37.5 Å². The zero-order valence-corrected chi connectivity index (χ0v) is 12.1. The van der Waals surface area contributed by atoms with E-state index >= 15 is 0 Å². The van der Waals surface area contributed by atoms with Gasteiger partial charge in [0.25, 0.3) is 0 Å². The van der Waals surface area contributed by atoms with Gasteiger partial charge in [-0.25, -0.2) is 4.79 Å². The second-order valence-corrected chi connectivity index (χ2v) is 4.76. The van der Waals surface area contributed by atoms with E-state index in [-0.39, 0.29) is 12.1 Å². The molecule has 0 heterocycles. The van der Waals surface area contributed by atoms with Gasteiger partial charge in [0.2, 0.25) is 0 Å². The van der Waals surface area contributed by atoms with Crippen molar-refractivity contribution in [1.82, 2.24) is 10.6 Å². The minimum atomic E-state index is -0.187. The highest BCUT2D eigenvalue weighted by atomic mass is 16.5. The summed E-state index contributed by atoms with van der Waals surface area (Å²) in [7, 11) is 1.74. The minimum Gasteiger partial charge on any atom is -0.381 e. The normalized spacial score (nSPS) is 23.4. The predicted octanol–water partition coefficient (Wildman–Crippen LogP) is 3.06. The summed E-state index contributed by atoms with van der Waals surface area (Å²) < 4.78 is 5.32. The maximum absolute atomic E-state index is 11.9. The van der Waals surface area contributed by atoms with Crippen molar-refractivity contribution in [2.24, 2.45) is 0 Å². The van der Waals surface area contributed by atoms with Gasteiger partial charge in [-0.05, 0) is 37.8 Å². The molecule has 0 aromatic carbocycles. The molecule has 1 aliphatic rings. The summed E-state index contributed by atoms with van der Waals surface area (Å²) in [6.07, 6.45) is 12.8. The molecule has 1 saturated carbocycles. The predicted molar refractivity (Wildman–Crippen MR) is 82.3 cm³/mol. The molecule has 110 valence electrons. The molecule has 0 spiro atoms. The van der Waals surface area contributed by atoms with Crippen LogP contribution < -0.4 is 10.6 Å². The molecule has 0 aliphatic heterocycles. The SMILES string of the molecule is C=C/C=C\C(=C/C=C)NC(=O)N[C@H]1CC[C@H](OC)CC1. The molecule has 4 nitrogen and oxygen atoms in total. The number of hydrogen-bond donors (Lipinski definition) is 2. The quantitative estimate of drug-likeness (QED) is 0.733. The zero-order valence-electron chi connectivity index (χ0n) is 12.1. The topological polar surface area (TPSA) is 50.4 Å². The van der Waals surface area contributed by atoms with Gasteiger partial charge in [-0.3, -0.25) is 0 Å². The molecule has 0 unspecified atom stereocenters. The molecule has 1 fully saturated rings. The van der Waals surface area contributed by atoms with Crippen molar-refractivity contribution in [1.29, 1.82) is 0 Å². The summed E-state index contributed by atoms with van der Waals surface area (Å²) in [6.45, 7) is 7.23. The summed E-state index contributed by atoms with van der Waals surface area (Å²) >= 11 is 0. The first-order valence-electron chi connectivity index (χ1n) is 6.91. The van der Waals surface area contributed by atoms with Gasteiger partial charge in [-0.2, -0.15) is 0 Å². The largest absolute Gasteiger partial charge is 0.381 e. The third-order valence-electron chi connectivity index (χ3n) is 3.31. The second-order valence-electron chi connectivity index (χ2n) is 4.76. The average molecular weight is 276 g/mol. The van der Waals surface area contributed by atoms with Crippen molar-refractivity contribution < 1.29 is 9.53 Å². The highest BCUT2D eigenvalue weighted by molar-refractivity contribution is 5.76. The number of hydrogen-bond acceptors (Lipinski definition) is 2. The highest BCUT2D eigenvalue weighted by Crippen LogP contribution is 2.20. The van der Waals surface area contributed by atoms with Crippen LogP contribution in [0.1, 0.15) is 25.7 Å². The Morgan fingerprint density at radius 3 is 2.45 bits per heavy atom. The second kappa shape index (κ2) is 9.15. The van der Waals surface area contributed by atoms with Gasteiger partial charge in [0.15, 0.2) is 0 Å². The van der Waals surface area contributed by atoms with Crippen molar-refractivity contribution >= 4 is 6.03 Å². The van der Waals surface area contributed by atoms with Crippen LogP contribution in [-0.4, -0.2) is 25.3 Å². The number of allylic oxidation sites excluding steroid dienone is 5. The van der Waals surface area contributed by atoms with Crippen molar-refractivity contribution in [3.05, 3.63) is 49.2 Å². The molecule has 0 atom stereocenters. The first kappa shape index (κ1) is 16.2. The number of carbonyl (C=O) groups excluding carboxylic acids is 1. The van der Waals surface area contributed by atoms with E-state index in [1.165, 1.54) is 0 Å². The maximum Gasteiger partial charge on any atom is 0.319 e. The Morgan fingerprint density at radius 2 is 1.90 bits per heavy atom. The molecule has 2 N–H and O–H groups in total. The number of rotatable bonds is 6. The number of amides is 2. The average Bonchev–Trinajstić information content (AvgIpc) is 2.45. The molecule has 0 bridgehead atoms. The van der Waals surface area contributed by atoms with Gasteiger partial charge in [0, 0.05) is 18.8 Å². The van der Waals surface area contributed by atoms with Crippen LogP contribution >= 0.6 is 0 Å². The zero-order chi connectivity index (χ0) is 14.8. The fourth-order valence-electron chi connectivity index (χ4n) is 2.23.